The zero-order chi connectivity index (χ0) is 22.7. The third kappa shape index (κ3) is 4.48. The van der Waals surface area contributed by atoms with Crippen LogP contribution in [0.2, 0.25) is 0 Å². The summed E-state index contributed by atoms with van der Waals surface area (Å²) in [5, 5.41) is 6.24. The molecule has 0 fully saturated rings. The van der Waals surface area contributed by atoms with Crippen molar-refractivity contribution in [3.05, 3.63) is 66.1 Å². The summed E-state index contributed by atoms with van der Waals surface area (Å²) < 4.78 is 32.5. The number of nitrogens with zero attached hydrogens (tertiary/aromatic N) is 3. The van der Waals surface area contributed by atoms with Crippen LogP contribution in [0.15, 0.2) is 48.9 Å². The minimum Gasteiger partial charge on any atom is -0.450 e. The number of carbonyl (C=O) groups excluding carboxylic acids is 1. The van der Waals surface area contributed by atoms with Crippen molar-refractivity contribution >= 4 is 28.6 Å². The van der Waals surface area contributed by atoms with Gasteiger partial charge in [0.05, 0.1) is 30.7 Å². The molecule has 1 aromatic carbocycles. The molecule has 0 aliphatic heterocycles. The summed E-state index contributed by atoms with van der Waals surface area (Å²) in [6.45, 7) is 3.77. The van der Waals surface area contributed by atoms with Crippen LogP contribution in [-0.4, -0.2) is 32.6 Å². The molecule has 10 heteroatoms. The first-order valence-electron chi connectivity index (χ1n) is 9.90. The van der Waals surface area contributed by atoms with Gasteiger partial charge in [-0.1, -0.05) is 12.1 Å². The van der Waals surface area contributed by atoms with Crippen LogP contribution in [0, 0.1) is 11.6 Å². The van der Waals surface area contributed by atoms with E-state index in [-0.39, 0.29) is 34.4 Å². The van der Waals surface area contributed by atoms with Gasteiger partial charge < -0.3 is 15.0 Å². The van der Waals surface area contributed by atoms with E-state index in [0.717, 1.165) is 11.8 Å². The lowest BCUT2D eigenvalue weighted by Crippen LogP contribution is -2.13. The number of ether oxygens (including phenoxy) is 1. The van der Waals surface area contributed by atoms with Crippen LogP contribution in [0.4, 0.5) is 25.1 Å². The minimum atomic E-state index is -0.620. The lowest BCUT2D eigenvalue weighted by Gasteiger charge is -2.16. The molecule has 4 rings (SSSR count). The van der Waals surface area contributed by atoms with Crippen LogP contribution in [0.1, 0.15) is 29.7 Å². The van der Waals surface area contributed by atoms with Crippen LogP contribution in [0.5, 0.6) is 0 Å². The average molecular weight is 444 g/mol. The summed E-state index contributed by atoms with van der Waals surface area (Å²) in [4.78, 5) is 27.4. The Labute approximate surface area is 186 Å². The molecule has 1 amide bonds. The topological polar surface area (TPSA) is 105 Å². The van der Waals surface area contributed by atoms with E-state index in [0.29, 0.717) is 22.3 Å². The third-order valence-electron chi connectivity index (χ3n) is 4.76. The highest BCUT2D eigenvalue weighted by molar-refractivity contribution is 5.95. The number of anilines is 2. The van der Waals surface area contributed by atoms with Crippen molar-refractivity contribution in [2.45, 2.75) is 19.9 Å². The van der Waals surface area contributed by atoms with Crippen molar-refractivity contribution in [3.8, 4) is 11.4 Å². The molecule has 1 atom stereocenters. The van der Waals surface area contributed by atoms with Crippen LogP contribution in [0.25, 0.3) is 22.4 Å². The smallest absolute Gasteiger partial charge is 0.411 e. The number of halogens is 2. The highest BCUT2D eigenvalue weighted by Crippen LogP contribution is 2.29. The molecule has 0 bridgehead atoms. The van der Waals surface area contributed by atoms with Gasteiger partial charge in [0.2, 0.25) is 0 Å². The van der Waals surface area contributed by atoms with Crippen molar-refractivity contribution in [3.63, 3.8) is 0 Å². The summed E-state index contributed by atoms with van der Waals surface area (Å²) in [6, 6.07) is 7.31. The Hall–Kier alpha value is -4.08. The van der Waals surface area contributed by atoms with Crippen molar-refractivity contribution in [2.75, 3.05) is 17.2 Å². The lowest BCUT2D eigenvalue weighted by molar-refractivity contribution is 0.168. The largest absolute Gasteiger partial charge is 0.450 e. The van der Waals surface area contributed by atoms with Gasteiger partial charge in [-0.25, -0.2) is 28.5 Å². The molecule has 0 spiro atoms. The number of hydrogen-bond acceptors (Lipinski definition) is 6. The van der Waals surface area contributed by atoms with Gasteiger partial charge >= 0.3 is 6.09 Å². The SMILES string of the molecule is CCOC(=O)Nc1cnc2[nH]cc(-c3ncc(F)c(N[C@@H](C)c4ccc(F)cc4)n3)c2c1.[HH].[HH].[HH]. The highest BCUT2D eigenvalue weighted by Gasteiger charge is 2.16. The van der Waals surface area contributed by atoms with Gasteiger partial charge in [-0.05, 0) is 37.6 Å². The third-order valence-corrected chi connectivity index (χ3v) is 4.76. The second-order valence-electron chi connectivity index (χ2n) is 6.98. The fourth-order valence-corrected chi connectivity index (χ4v) is 3.18. The molecule has 0 unspecified atom stereocenters. The number of amides is 1. The molecule has 3 N–H and O–H groups in total. The second kappa shape index (κ2) is 8.96. The van der Waals surface area contributed by atoms with Gasteiger partial charge in [-0.3, -0.25) is 5.32 Å². The Kier molecular flexibility index (Phi) is 5.93. The Bertz CT molecular complexity index is 1270. The van der Waals surface area contributed by atoms with Crippen molar-refractivity contribution < 1.29 is 22.6 Å². The molecule has 0 saturated heterocycles. The summed E-state index contributed by atoms with van der Waals surface area (Å²) in [6.07, 6.45) is 3.63. The summed E-state index contributed by atoms with van der Waals surface area (Å²) in [5.74, 6) is -0.692. The first-order chi connectivity index (χ1) is 15.4. The number of aromatic amines is 1. The van der Waals surface area contributed by atoms with Gasteiger partial charge in [0, 0.05) is 21.4 Å². The van der Waals surface area contributed by atoms with Gasteiger partial charge in [-0.15, -0.1) is 0 Å². The summed E-state index contributed by atoms with van der Waals surface area (Å²) in [5.41, 5.74) is 2.34. The predicted molar refractivity (Wildman–Crippen MR) is 123 cm³/mol. The maximum absolute atomic E-state index is 14.4. The van der Waals surface area contributed by atoms with Gasteiger partial charge in [0.15, 0.2) is 17.5 Å². The molecule has 32 heavy (non-hydrogen) atoms. The van der Waals surface area contributed by atoms with Crippen molar-refractivity contribution in [1.82, 2.24) is 19.9 Å². The van der Waals surface area contributed by atoms with E-state index in [4.69, 9.17) is 4.74 Å². The molecule has 8 nitrogen and oxygen atoms in total. The van der Waals surface area contributed by atoms with Crippen LogP contribution in [-0.2, 0) is 4.74 Å². The molecule has 170 valence electrons. The van der Waals surface area contributed by atoms with E-state index >= 15 is 0 Å². The average Bonchev–Trinajstić information content (AvgIpc) is 3.19. The predicted octanol–water partition coefficient (Wildman–Crippen LogP) is 5.78. The number of benzene rings is 1. The summed E-state index contributed by atoms with van der Waals surface area (Å²) in [7, 11) is 0. The second-order valence-corrected chi connectivity index (χ2v) is 6.98. The molecule has 3 aromatic heterocycles. The molecule has 0 aliphatic rings. The van der Waals surface area contributed by atoms with E-state index in [1.165, 1.54) is 18.3 Å². The van der Waals surface area contributed by atoms with Crippen molar-refractivity contribution in [1.29, 1.82) is 0 Å². The van der Waals surface area contributed by atoms with Gasteiger partial charge in [0.25, 0.3) is 0 Å². The fraction of sp³-hybridized carbons (Fsp3) is 0.182. The lowest BCUT2D eigenvalue weighted by atomic mass is 10.1. The number of H-pyrrole nitrogens is 1. The molecule has 0 aliphatic carbocycles. The van der Waals surface area contributed by atoms with Crippen LogP contribution >= 0.6 is 0 Å². The first kappa shape index (κ1) is 21.2. The quantitative estimate of drug-likeness (QED) is 0.348. The fourth-order valence-electron chi connectivity index (χ4n) is 3.18. The molecular formula is C22H26F2N6O2. The van der Waals surface area contributed by atoms with Crippen LogP contribution < -0.4 is 10.6 Å². The Morgan fingerprint density at radius 3 is 2.75 bits per heavy atom. The van der Waals surface area contributed by atoms with Crippen molar-refractivity contribution in [2.24, 2.45) is 0 Å². The van der Waals surface area contributed by atoms with Crippen LogP contribution in [0.3, 0.4) is 0 Å². The molecule has 4 aromatic rings. The normalized spacial score (nSPS) is 11.9. The maximum Gasteiger partial charge on any atom is 0.411 e. The van der Waals surface area contributed by atoms with E-state index in [9.17, 15) is 13.6 Å². The Morgan fingerprint density at radius 2 is 2.00 bits per heavy atom. The van der Waals surface area contributed by atoms with Gasteiger partial charge in [0.1, 0.15) is 11.5 Å². The zero-order valence-electron chi connectivity index (χ0n) is 17.3. The maximum atomic E-state index is 14.4. The van der Waals surface area contributed by atoms with E-state index in [1.54, 1.807) is 31.3 Å². The number of pyridine rings is 1. The molecule has 0 radical (unpaired) electrons. The molecule has 0 saturated carbocycles. The standard InChI is InChI=1S/C22H20F2N6O2.3H2/c1-3-32-22(31)29-15-8-16-17(10-26-19(16)25-9-15)20-27-11-18(24)21(30-20)28-12(2)13-4-6-14(23)7-5-13;;;/h4-12H,3H2,1-2H3,(H,25,26)(H,29,31)(H,27,28,30);3*1H/t12-;;;/m0.../s1. The molecule has 3 heterocycles. The first-order valence-corrected chi connectivity index (χ1v) is 9.90. The number of aromatic nitrogens is 4. The Balaban J connectivity index is 0.00000204. The monoisotopic (exact) mass is 444 g/mol. The van der Waals surface area contributed by atoms with E-state index in [2.05, 4.69) is 30.6 Å². The zero-order valence-corrected chi connectivity index (χ0v) is 17.3. The minimum absolute atomic E-state index is 0. The van der Waals surface area contributed by atoms with Gasteiger partial charge in [-0.2, -0.15) is 0 Å². The van der Waals surface area contributed by atoms with E-state index in [1.807, 2.05) is 6.92 Å². The van der Waals surface area contributed by atoms with E-state index < -0.39 is 11.9 Å². The summed E-state index contributed by atoms with van der Waals surface area (Å²) >= 11 is 0. The number of nitrogens with one attached hydrogen (secondary N) is 3. The highest BCUT2D eigenvalue weighted by atomic mass is 19.1. The number of carbonyl (C=O) groups is 1. The number of rotatable bonds is 6. The number of hydrogen-bond donors (Lipinski definition) is 3. The number of fused-ring (bicyclic) bond motifs is 1. The Morgan fingerprint density at radius 1 is 1.22 bits per heavy atom. The molecular weight excluding hydrogens is 418 g/mol.